The van der Waals surface area contributed by atoms with Crippen LogP contribution >= 0.6 is 0 Å². The molecular formula is C19H30N2O2. The average Bonchev–Trinajstić information content (AvgIpc) is 2.97. The second-order valence-corrected chi connectivity index (χ2v) is 7.41. The molecule has 2 rings (SSSR count). The van der Waals surface area contributed by atoms with Crippen molar-refractivity contribution in [1.82, 2.24) is 4.90 Å². The predicted molar refractivity (Wildman–Crippen MR) is 93.5 cm³/mol. The minimum absolute atomic E-state index is 0.211. The van der Waals surface area contributed by atoms with E-state index in [0.717, 1.165) is 25.9 Å². The van der Waals surface area contributed by atoms with Crippen molar-refractivity contribution in [3.8, 4) is 0 Å². The number of benzene rings is 1. The molecule has 0 spiro atoms. The molecule has 0 bridgehead atoms. The molecule has 1 aromatic rings. The molecule has 1 aliphatic rings. The van der Waals surface area contributed by atoms with E-state index in [9.17, 15) is 4.79 Å². The van der Waals surface area contributed by atoms with Gasteiger partial charge in [0.2, 0.25) is 0 Å². The number of rotatable bonds is 4. The van der Waals surface area contributed by atoms with E-state index < -0.39 is 5.60 Å². The van der Waals surface area contributed by atoms with Crippen molar-refractivity contribution in [2.75, 3.05) is 19.6 Å². The molecule has 2 N–H and O–H groups in total. The van der Waals surface area contributed by atoms with Crippen LogP contribution in [0.25, 0.3) is 0 Å². The van der Waals surface area contributed by atoms with Crippen LogP contribution in [0.2, 0.25) is 0 Å². The van der Waals surface area contributed by atoms with Gasteiger partial charge in [0.05, 0.1) is 0 Å². The first-order chi connectivity index (χ1) is 10.8. The van der Waals surface area contributed by atoms with Crippen LogP contribution in [0.3, 0.4) is 0 Å². The Morgan fingerprint density at radius 1 is 1.35 bits per heavy atom. The van der Waals surface area contributed by atoms with Crippen molar-refractivity contribution in [1.29, 1.82) is 0 Å². The first-order valence-corrected chi connectivity index (χ1v) is 8.61. The first kappa shape index (κ1) is 17.8. The summed E-state index contributed by atoms with van der Waals surface area (Å²) in [6, 6.07) is 8.73. The second-order valence-electron chi connectivity index (χ2n) is 7.41. The van der Waals surface area contributed by atoms with Crippen molar-refractivity contribution in [2.24, 2.45) is 11.7 Å². The SMILES string of the molecule is CCc1ccc(C(CN)C2CCN(C(=O)OC(C)(C)C)C2)cc1. The molecule has 4 nitrogen and oxygen atoms in total. The van der Waals surface area contributed by atoms with Gasteiger partial charge in [-0.15, -0.1) is 0 Å². The van der Waals surface area contributed by atoms with Crippen LogP contribution in [0.15, 0.2) is 24.3 Å². The lowest BCUT2D eigenvalue weighted by molar-refractivity contribution is 0.0286. The Kier molecular flexibility index (Phi) is 5.69. The molecule has 23 heavy (non-hydrogen) atoms. The molecule has 4 heteroatoms. The summed E-state index contributed by atoms with van der Waals surface area (Å²) in [6.07, 6.45) is 1.82. The van der Waals surface area contributed by atoms with Crippen LogP contribution in [0.4, 0.5) is 4.79 Å². The number of hydrogen-bond acceptors (Lipinski definition) is 3. The van der Waals surface area contributed by atoms with E-state index in [1.165, 1.54) is 11.1 Å². The Morgan fingerprint density at radius 2 is 2.00 bits per heavy atom. The minimum atomic E-state index is -0.446. The van der Waals surface area contributed by atoms with Crippen LogP contribution in [0.5, 0.6) is 0 Å². The first-order valence-electron chi connectivity index (χ1n) is 8.61. The number of likely N-dealkylation sites (tertiary alicyclic amines) is 1. The summed E-state index contributed by atoms with van der Waals surface area (Å²) in [4.78, 5) is 14.0. The number of amides is 1. The third kappa shape index (κ3) is 4.71. The highest BCUT2D eigenvalue weighted by atomic mass is 16.6. The van der Waals surface area contributed by atoms with Crippen molar-refractivity contribution in [2.45, 2.75) is 52.1 Å². The maximum absolute atomic E-state index is 12.2. The molecule has 0 saturated carbocycles. The molecule has 0 radical (unpaired) electrons. The van der Waals surface area contributed by atoms with Crippen molar-refractivity contribution >= 4 is 6.09 Å². The lowest BCUT2D eigenvalue weighted by atomic mass is 9.85. The second kappa shape index (κ2) is 7.35. The summed E-state index contributed by atoms with van der Waals surface area (Å²) in [6.45, 7) is 9.95. The van der Waals surface area contributed by atoms with Crippen LogP contribution in [-0.4, -0.2) is 36.2 Å². The molecule has 1 fully saturated rings. The number of ether oxygens (including phenoxy) is 1. The maximum Gasteiger partial charge on any atom is 0.410 e. The number of nitrogens with two attached hydrogens (primary N) is 1. The molecule has 128 valence electrons. The van der Waals surface area contributed by atoms with E-state index in [1.54, 1.807) is 0 Å². The molecule has 1 heterocycles. The van der Waals surface area contributed by atoms with Crippen LogP contribution in [0, 0.1) is 5.92 Å². The van der Waals surface area contributed by atoms with E-state index in [0.29, 0.717) is 18.4 Å². The highest BCUT2D eigenvalue weighted by Crippen LogP contribution is 2.32. The summed E-state index contributed by atoms with van der Waals surface area (Å²) in [7, 11) is 0. The molecule has 1 amide bonds. The number of nitrogens with zero attached hydrogens (tertiary/aromatic N) is 1. The summed E-state index contributed by atoms with van der Waals surface area (Å²) >= 11 is 0. The van der Waals surface area contributed by atoms with Gasteiger partial charge in [-0.2, -0.15) is 0 Å². The molecule has 2 unspecified atom stereocenters. The highest BCUT2D eigenvalue weighted by molar-refractivity contribution is 5.68. The topological polar surface area (TPSA) is 55.6 Å². The Bertz CT molecular complexity index is 519. The Labute approximate surface area is 140 Å². The zero-order chi connectivity index (χ0) is 17.0. The lowest BCUT2D eigenvalue weighted by Crippen LogP contribution is -2.36. The average molecular weight is 318 g/mol. The fraction of sp³-hybridized carbons (Fsp3) is 0.632. The Balaban J connectivity index is 2.01. The molecule has 2 atom stereocenters. The maximum atomic E-state index is 12.2. The highest BCUT2D eigenvalue weighted by Gasteiger charge is 2.34. The summed E-state index contributed by atoms with van der Waals surface area (Å²) < 4.78 is 5.48. The minimum Gasteiger partial charge on any atom is -0.444 e. The van der Waals surface area contributed by atoms with E-state index in [2.05, 4.69) is 31.2 Å². The van der Waals surface area contributed by atoms with Crippen LogP contribution in [0.1, 0.15) is 51.2 Å². The fourth-order valence-corrected chi connectivity index (χ4v) is 3.21. The third-order valence-electron chi connectivity index (χ3n) is 4.52. The largest absolute Gasteiger partial charge is 0.444 e. The van der Waals surface area contributed by atoms with Crippen LogP contribution in [-0.2, 0) is 11.2 Å². The summed E-state index contributed by atoms with van der Waals surface area (Å²) in [5.41, 5.74) is 8.22. The zero-order valence-electron chi connectivity index (χ0n) is 14.8. The number of carbonyl (C=O) groups is 1. The van der Waals surface area contributed by atoms with Crippen molar-refractivity contribution < 1.29 is 9.53 Å². The van der Waals surface area contributed by atoms with E-state index in [-0.39, 0.29) is 6.09 Å². The molecule has 0 aromatic heterocycles. The molecule has 1 aliphatic heterocycles. The van der Waals surface area contributed by atoms with Crippen LogP contribution < -0.4 is 5.73 Å². The fourth-order valence-electron chi connectivity index (χ4n) is 3.21. The number of aryl methyl sites for hydroxylation is 1. The Morgan fingerprint density at radius 3 is 2.52 bits per heavy atom. The van der Waals surface area contributed by atoms with Gasteiger partial charge in [0.15, 0.2) is 0 Å². The molecule has 0 aliphatic carbocycles. The van der Waals surface area contributed by atoms with Gasteiger partial charge in [0.1, 0.15) is 5.60 Å². The summed E-state index contributed by atoms with van der Waals surface area (Å²) in [5.74, 6) is 0.702. The van der Waals surface area contributed by atoms with Gasteiger partial charge in [-0.3, -0.25) is 0 Å². The monoisotopic (exact) mass is 318 g/mol. The Hall–Kier alpha value is -1.55. The van der Waals surface area contributed by atoms with Gasteiger partial charge >= 0.3 is 6.09 Å². The van der Waals surface area contributed by atoms with E-state index in [4.69, 9.17) is 10.5 Å². The van der Waals surface area contributed by atoms with Gasteiger partial charge in [0.25, 0.3) is 0 Å². The van der Waals surface area contributed by atoms with Crippen molar-refractivity contribution in [3.63, 3.8) is 0 Å². The number of hydrogen-bond donors (Lipinski definition) is 1. The van der Waals surface area contributed by atoms with E-state index >= 15 is 0 Å². The van der Waals surface area contributed by atoms with Gasteiger partial charge < -0.3 is 15.4 Å². The van der Waals surface area contributed by atoms with Gasteiger partial charge in [-0.05, 0) is 57.2 Å². The predicted octanol–water partition coefficient (Wildman–Crippen LogP) is 3.55. The number of carbonyl (C=O) groups excluding carboxylic acids is 1. The van der Waals surface area contributed by atoms with Gasteiger partial charge in [0, 0.05) is 19.0 Å². The normalized spacial score (nSPS) is 19.7. The third-order valence-corrected chi connectivity index (χ3v) is 4.52. The molecule has 1 aromatic carbocycles. The molecular weight excluding hydrogens is 288 g/mol. The smallest absolute Gasteiger partial charge is 0.410 e. The summed E-state index contributed by atoms with van der Waals surface area (Å²) in [5, 5.41) is 0. The zero-order valence-corrected chi connectivity index (χ0v) is 14.8. The molecule has 1 saturated heterocycles. The van der Waals surface area contributed by atoms with Gasteiger partial charge in [-0.25, -0.2) is 4.79 Å². The lowest BCUT2D eigenvalue weighted by Gasteiger charge is -2.26. The van der Waals surface area contributed by atoms with Gasteiger partial charge in [-0.1, -0.05) is 31.2 Å². The van der Waals surface area contributed by atoms with E-state index in [1.807, 2.05) is 25.7 Å². The quantitative estimate of drug-likeness (QED) is 0.923. The standard InChI is InChI=1S/C19H30N2O2/c1-5-14-6-8-15(9-7-14)17(12-20)16-10-11-21(13-16)18(22)23-19(2,3)4/h6-9,16-17H,5,10-13,20H2,1-4H3. The van der Waals surface area contributed by atoms with Crippen molar-refractivity contribution in [3.05, 3.63) is 35.4 Å².